The van der Waals surface area contributed by atoms with Crippen molar-refractivity contribution in [3.63, 3.8) is 0 Å². The van der Waals surface area contributed by atoms with Crippen LogP contribution in [0.2, 0.25) is 0 Å². The number of azide groups is 1. The number of nitrogens with zero attached hydrogens (tertiary/aromatic N) is 3. The fourth-order valence-corrected chi connectivity index (χ4v) is 1.24. The Kier molecular flexibility index (Phi) is 5.91. The van der Waals surface area contributed by atoms with Crippen molar-refractivity contribution in [2.75, 3.05) is 13.2 Å². The highest BCUT2D eigenvalue weighted by Crippen LogP contribution is 2.31. The number of hydrogen-bond acceptors (Lipinski definition) is 3. The van der Waals surface area contributed by atoms with Crippen LogP contribution in [0.15, 0.2) is 23.3 Å². The number of alkyl halides is 7. The second-order valence-electron chi connectivity index (χ2n) is 4.11. The Morgan fingerprint density at radius 2 is 1.52 bits per heavy atom. The topological polar surface area (TPSA) is 67.2 Å². The molecular formula is C11H8F7N3O2. The average molecular weight is 347 g/mol. The van der Waals surface area contributed by atoms with E-state index in [1.54, 1.807) is 0 Å². The van der Waals surface area contributed by atoms with Crippen molar-refractivity contribution < 1.29 is 40.2 Å². The Bertz CT molecular complexity index is 585. The van der Waals surface area contributed by atoms with E-state index in [0.717, 1.165) is 18.2 Å². The molecule has 0 saturated heterocycles. The minimum absolute atomic E-state index is 0.303. The lowest BCUT2D eigenvalue weighted by atomic mass is 10.3. The standard InChI is InChI=1S/C11H8F7N3O2/c12-9(13)10(14,15)4-22-7-1-6(20-21-19)2-8(3-7)23-5-11(16,17)18/h1-3,9H,4-5H2. The first kappa shape index (κ1) is 18.7. The lowest BCUT2D eigenvalue weighted by Gasteiger charge is -2.17. The molecule has 23 heavy (non-hydrogen) atoms. The Labute approximate surface area is 124 Å². The van der Waals surface area contributed by atoms with E-state index in [4.69, 9.17) is 5.53 Å². The zero-order chi connectivity index (χ0) is 17.7. The van der Waals surface area contributed by atoms with Crippen LogP contribution in [0.5, 0.6) is 11.5 Å². The second kappa shape index (κ2) is 7.27. The van der Waals surface area contributed by atoms with Crippen LogP contribution in [-0.4, -0.2) is 31.7 Å². The van der Waals surface area contributed by atoms with Gasteiger partial charge in [0, 0.05) is 16.7 Å². The van der Waals surface area contributed by atoms with Crippen LogP contribution in [0.1, 0.15) is 0 Å². The molecule has 0 fully saturated rings. The van der Waals surface area contributed by atoms with Crippen LogP contribution >= 0.6 is 0 Å². The van der Waals surface area contributed by atoms with Crippen molar-refractivity contribution in [3.05, 3.63) is 28.6 Å². The molecule has 128 valence electrons. The summed E-state index contributed by atoms with van der Waals surface area (Å²) in [7, 11) is 0. The summed E-state index contributed by atoms with van der Waals surface area (Å²) >= 11 is 0. The molecule has 12 heteroatoms. The molecule has 0 radical (unpaired) electrons. The Morgan fingerprint density at radius 3 is 1.96 bits per heavy atom. The van der Waals surface area contributed by atoms with Crippen molar-refractivity contribution in [3.8, 4) is 11.5 Å². The summed E-state index contributed by atoms with van der Waals surface area (Å²) < 4.78 is 94.5. The van der Waals surface area contributed by atoms with E-state index < -0.39 is 43.2 Å². The average Bonchev–Trinajstić information content (AvgIpc) is 2.42. The second-order valence-corrected chi connectivity index (χ2v) is 4.11. The number of hydrogen-bond donors (Lipinski definition) is 0. The molecule has 5 nitrogen and oxygen atoms in total. The highest BCUT2D eigenvalue weighted by molar-refractivity contribution is 5.49. The van der Waals surface area contributed by atoms with Gasteiger partial charge in [-0.05, 0) is 17.7 Å². The summed E-state index contributed by atoms with van der Waals surface area (Å²) in [6.45, 7) is -3.41. The third-order valence-corrected chi connectivity index (χ3v) is 2.18. The monoisotopic (exact) mass is 347 g/mol. The van der Waals surface area contributed by atoms with Crippen LogP contribution in [-0.2, 0) is 0 Å². The smallest absolute Gasteiger partial charge is 0.422 e. The first-order valence-corrected chi connectivity index (χ1v) is 5.72. The summed E-state index contributed by atoms with van der Waals surface area (Å²) in [4.78, 5) is 2.36. The van der Waals surface area contributed by atoms with Crippen LogP contribution in [0.25, 0.3) is 10.4 Å². The Hall–Kier alpha value is -2.36. The molecule has 1 aromatic rings. The van der Waals surface area contributed by atoms with Gasteiger partial charge in [-0.2, -0.15) is 22.0 Å². The quantitative estimate of drug-likeness (QED) is 0.306. The molecule has 0 N–H and O–H groups in total. The van der Waals surface area contributed by atoms with Gasteiger partial charge in [0.15, 0.2) is 13.2 Å². The Balaban J connectivity index is 2.93. The van der Waals surface area contributed by atoms with E-state index in [-0.39, 0.29) is 5.69 Å². The largest absolute Gasteiger partial charge is 0.487 e. The molecule has 0 spiro atoms. The molecule has 0 aliphatic rings. The molecule has 0 aliphatic heterocycles. The molecule has 1 aromatic carbocycles. The van der Waals surface area contributed by atoms with E-state index in [1.165, 1.54) is 0 Å². The molecular weight excluding hydrogens is 339 g/mol. The summed E-state index contributed by atoms with van der Waals surface area (Å²) in [5, 5.41) is 3.06. The highest BCUT2D eigenvalue weighted by Gasteiger charge is 2.41. The van der Waals surface area contributed by atoms with Gasteiger partial charge in [0.2, 0.25) is 0 Å². The van der Waals surface area contributed by atoms with Crippen molar-refractivity contribution in [1.82, 2.24) is 0 Å². The van der Waals surface area contributed by atoms with Crippen molar-refractivity contribution in [2.24, 2.45) is 5.11 Å². The van der Waals surface area contributed by atoms with E-state index in [2.05, 4.69) is 19.5 Å². The van der Waals surface area contributed by atoms with E-state index in [1.807, 2.05) is 0 Å². The lowest BCUT2D eigenvalue weighted by molar-refractivity contribution is -0.153. The molecule has 0 amide bonds. The van der Waals surface area contributed by atoms with Crippen molar-refractivity contribution in [2.45, 2.75) is 18.5 Å². The first-order valence-electron chi connectivity index (χ1n) is 5.72. The van der Waals surface area contributed by atoms with Crippen LogP contribution in [0, 0.1) is 0 Å². The van der Waals surface area contributed by atoms with E-state index in [9.17, 15) is 30.7 Å². The minimum atomic E-state index is -4.67. The molecule has 1 rings (SSSR count). The Morgan fingerprint density at radius 1 is 1.00 bits per heavy atom. The SMILES string of the molecule is [N-]=[N+]=Nc1cc(OCC(F)(F)F)cc(OCC(F)(F)C(F)F)c1. The van der Waals surface area contributed by atoms with Gasteiger partial charge < -0.3 is 9.47 Å². The molecule has 0 unspecified atom stereocenters. The fourth-order valence-electron chi connectivity index (χ4n) is 1.24. The normalized spacial score (nSPS) is 12.0. The van der Waals surface area contributed by atoms with Gasteiger partial charge >= 0.3 is 18.5 Å². The van der Waals surface area contributed by atoms with Gasteiger partial charge in [-0.15, -0.1) is 0 Å². The van der Waals surface area contributed by atoms with Gasteiger partial charge in [0.1, 0.15) is 11.5 Å². The van der Waals surface area contributed by atoms with E-state index >= 15 is 0 Å². The number of halogens is 7. The molecule has 0 bridgehead atoms. The number of ether oxygens (including phenoxy) is 2. The summed E-state index contributed by atoms with van der Waals surface area (Å²) in [6.07, 6.45) is -8.65. The highest BCUT2D eigenvalue weighted by atomic mass is 19.4. The number of rotatable bonds is 7. The summed E-state index contributed by atoms with van der Waals surface area (Å²) in [6, 6.07) is 2.54. The van der Waals surface area contributed by atoms with Crippen LogP contribution < -0.4 is 9.47 Å². The third kappa shape index (κ3) is 6.51. The van der Waals surface area contributed by atoms with Crippen molar-refractivity contribution in [1.29, 1.82) is 0 Å². The predicted octanol–water partition coefficient (Wildman–Crippen LogP) is 4.85. The third-order valence-electron chi connectivity index (χ3n) is 2.18. The number of benzene rings is 1. The molecule has 0 atom stereocenters. The maximum absolute atomic E-state index is 12.7. The van der Waals surface area contributed by atoms with Gasteiger partial charge in [-0.25, -0.2) is 8.78 Å². The van der Waals surface area contributed by atoms with Crippen LogP contribution in [0.4, 0.5) is 36.4 Å². The maximum Gasteiger partial charge on any atom is 0.422 e. The summed E-state index contributed by atoms with van der Waals surface area (Å²) in [5.41, 5.74) is 7.97. The summed E-state index contributed by atoms with van der Waals surface area (Å²) in [5.74, 6) is -5.48. The van der Waals surface area contributed by atoms with Gasteiger partial charge in [-0.1, -0.05) is 5.11 Å². The fraction of sp³-hybridized carbons (Fsp3) is 0.455. The minimum Gasteiger partial charge on any atom is -0.487 e. The first-order chi connectivity index (χ1) is 10.5. The molecule has 0 heterocycles. The van der Waals surface area contributed by atoms with Crippen LogP contribution in [0.3, 0.4) is 0 Å². The van der Waals surface area contributed by atoms with Gasteiger partial charge in [0.25, 0.3) is 0 Å². The zero-order valence-electron chi connectivity index (χ0n) is 11.0. The molecule has 0 saturated carbocycles. The lowest BCUT2D eigenvalue weighted by Crippen LogP contribution is -2.33. The van der Waals surface area contributed by atoms with Crippen molar-refractivity contribution >= 4 is 5.69 Å². The van der Waals surface area contributed by atoms with Gasteiger partial charge in [-0.3, -0.25) is 0 Å². The van der Waals surface area contributed by atoms with E-state index in [0.29, 0.717) is 0 Å². The molecule has 0 aliphatic carbocycles. The maximum atomic E-state index is 12.7. The predicted molar refractivity (Wildman–Crippen MR) is 63.2 cm³/mol. The molecule has 0 aromatic heterocycles. The van der Waals surface area contributed by atoms with Gasteiger partial charge in [0.05, 0.1) is 0 Å². The zero-order valence-corrected chi connectivity index (χ0v) is 11.0.